The molecule has 3 N–H and O–H groups in total. The zero-order valence-corrected chi connectivity index (χ0v) is 7.95. The fourth-order valence-corrected chi connectivity index (χ4v) is 1.49. The molecule has 1 heterocycles. The van der Waals surface area contributed by atoms with Crippen molar-refractivity contribution in [3.8, 4) is 0 Å². The van der Waals surface area contributed by atoms with Crippen molar-refractivity contribution in [3.05, 3.63) is 12.7 Å². The standard InChI is InChI=1S/C5H9N4O4P/c10-8-5(2-14(11,12)13)1-9-4-6-3-7-9/h3-4,10H,1-2H2,(H2,11,12,13)/b8-5+. The summed E-state index contributed by atoms with van der Waals surface area (Å²) in [6, 6.07) is 0. The normalized spacial score (nSPS) is 13.1. The maximum absolute atomic E-state index is 10.6. The molecule has 0 bridgehead atoms. The molecule has 0 unspecified atom stereocenters. The van der Waals surface area contributed by atoms with Crippen LogP contribution in [0.3, 0.4) is 0 Å². The Labute approximate surface area is 79.0 Å². The molecule has 0 aliphatic carbocycles. The topological polar surface area (TPSA) is 121 Å². The van der Waals surface area contributed by atoms with Crippen molar-refractivity contribution in [3.63, 3.8) is 0 Å². The summed E-state index contributed by atoms with van der Waals surface area (Å²) in [5.41, 5.74) is -0.0520. The van der Waals surface area contributed by atoms with E-state index in [-0.39, 0.29) is 12.3 Å². The summed E-state index contributed by atoms with van der Waals surface area (Å²) >= 11 is 0. The number of aromatic nitrogens is 3. The van der Waals surface area contributed by atoms with Gasteiger partial charge in [-0.15, -0.1) is 0 Å². The first kappa shape index (κ1) is 10.8. The van der Waals surface area contributed by atoms with E-state index < -0.39 is 13.8 Å². The third-order valence-electron chi connectivity index (χ3n) is 1.34. The first-order valence-electron chi connectivity index (χ1n) is 3.58. The lowest BCUT2D eigenvalue weighted by atomic mass is 10.4. The zero-order valence-electron chi connectivity index (χ0n) is 7.05. The van der Waals surface area contributed by atoms with Gasteiger partial charge < -0.3 is 15.0 Å². The monoisotopic (exact) mass is 220 g/mol. The molecule has 0 spiro atoms. The quantitative estimate of drug-likeness (QED) is 0.266. The van der Waals surface area contributed by atoms with Gasteiger partial charge in [-0.2, -0.15) is 5.10 Å². The molecule has 0 aliphatic rings. The van der Waals surface area contributed by atoms with Gasteiger partial charge in [0.15, 0.2) is 0 Å². The molecular formula is C5H9N4O4P. The molecule has 8 nitrogen and oxygen atoms in total. The number of hydrogen-bond donors (Lipinski definition) is 3. The molecule has 0 aliphatic heterocycles. The van der Waals surface area contributed by atoms with Crippen LogP contribution in [0.4, 0.5) is 0 Å². The van der Waals surface area contributed by atoms with Crippen LogP contribution >= 0.6 is 7.60 Å². The van der Waals surface area contributed by atoms with Crippen LogP contribution in [0.1, 0.15) is 0 Å². The van der Waals surface area contributed by atoms with Crippen LogP contribution in [0.5, 0.6) is 0 Å². The minimum Gasteiger partial charge on any atom is -0.411 e. The Bertz CT molecular complexity index is 356. The molecule has 0 amide bonds. The minimum absolute atomic E-state index is 0.00160. The van der Waals surface area contributed by atoms with Gasteiger partial charge in [-0.1, -0.05) is 5.16 Å². The Morgan fingerprint density at radius 1 is 1.57 bits per heavy atom. The van der Waals surface area contributed by atoms with Crippen molar-refractivity contribution in [2.24, 2.45) is 5.16 Å². The van der Waals surface area contributed by atoms with Gasteiger partial charge in [-0.3, -0.25) is 4.57 Å². The van der Waals surface area contributed by atoms with Crippen molar-refractivity contribution in [2.75, 3.05) is 6.16 Å². The lowest BCUT2D eigenvalue weighted by Gasteiger charge is -2.05. The third-order valence-corrected chi connectivity index (χ3v) is 2.12. The largest absolute Gasteiger partial charge is 0.411 e. The molecule has 1 aromatic rings. The fourth-order valence-electron chi connectivity index (χ4n) is 0.852. The summed E-state index contributed by atoms with van der Waals surface area (Å²) in [4.78, 5) is 20.9. The van der Waals surface area contributed by atoms with Crippen LogP contribution in [0.15, 0.2) is 17.8 Å². The van der Waals surface area contributed by atoms with E-state index in [9.17, 15) is 4.57 Å². The Kier molecular flexibility index (Phi) is 3.34. The highest BCUT2D eigenvalue weighted by Crippen LogP contribution is 2.34. The Hall–Kier alpha value is -1.24. The maximum Gasteiger partial charge on any atom is 0.331 e. The molecule has 1 aromatic heterocycles. The molecule has 0 saturated carbocycles. The van der Waals surface area contributed by atoms with Crippen molar-refractivity contribution in [2.45, 2.75) is 6.54 Å². The Morgan fingerprint density at radius 2 is 2.29 bits per heavy atom. The van der Waals surface area contributed by atoms with Crippen LogP contribution < -0.4 is 0 Å². The molecule has 9 heteroatoms. The smallest absolute Gasteiger partial charge is 0.331 e. The average molecular weight is 220 g/mol. The second-order valence-electron chi connectivity index (χ2n) is 2.58. The van der Waals surface area contributed by atoms with E-state index in [1.807, 2.05) is 0 Å². The number of hydrogen-bond acceptors (Lipinski definition) is 5. The summed E-state index contributed by atoms with van der Waals surface area (Å²) in [5.74, 6) is 0. The summed E-state index contributed by atoms with van der Waals surface area (Å²) in [7, 11) is -4.21. The van der Waals surface area contributed by atoms with Gasteiger partial charge in [0.2, 0.25) is 0 Å². The minimum atomic E-state index is -4.21. The van der Waals surface area contributed by atoms with Crippen LogP contribution in [0.2, 0.25) is 0 Å². The SMILES string of the molecule is O=P(O)(O)C/C(Cn1cncn1)=N/O. The highest BCUT2D eigenvalue weighted by atomic mass is 31.2. The van der Waals surface area contributed by atoms with Crippen LogP contribution in [-0.4, -0.2) is 41.6 Å². The highest BCUT2D eigenvalue weighted by Gasteiger charge is 2.18. The molecule has 1 rings (SSSR count). The average Bonchev–Trinajstić information content (AvgIpc) is 2.53. The van der Waals surface area contributed by atoms with Crippen LogP contribution in [0.25, 0.3) is 0 Å². The summed E-state index contributed by atoms with van der Waals surface area (Å²) in [5, 5.41) is 15.0. The predicted octanol–water partition coefficient (Wildman–Crippen LogP) is -0.714. The zero-order chi connectivity index (χ0) is 10.6. The molecule has 0 radical (unpaired) electrons. The first-order chi connectivity index (χ1) is 6.51. The molecule has 78 valence electrons. The summed E-state index contributed by atoms with van der Waals surface area (Å²) in [6.45, 7) is 0.00160. The van der Waals surface area contributed by atoms with E-state index in [2.05, 4.69) is 15.2 Å². The van der Waals surface area contributed by atoms with E-state index in [1.54, 1.807) is 0 Å². The van der Waals surface area contributed by atoms with E-state index in [1.165, 1.54) is 17.3 Å². The van der Waals surface area contributed by atoms with Crippen molar-refractivity contribution in [1.82, 2.24) is 14.8 Å². The number of nitrogens with zero attached hydrogens (tertiary/aromatic N) is 4. The van der Waals surface area contributed by atoms with Crippen molar-refractivity contribution >= 4 is 13.3 Å². The van der Waals surface area contributed by atoms with Gasteiger partial charge in [0, 0.05) is 0 Å². The number of rotatable bonds is 4. The molecule has 0 saturated heterocycles. The maximum atomic E-state index is 10.6. The van der Waals surface area contributed by atoms with Gasteiger partial charge in [0.05, 0.1) is 18.4 Å². The summed E-state index contributed by atoms with van der Waals surface area (Å²) < 4.78 is 11.9. The lowest BCUT2D eigenvalue weighted by Crippen LogP contribution is -2.15. The van der Waals surface area contributed by atoms with Crippen molar-refractivity contribution < 1.29 is 19.6 Å². The van der Waals surface area contributed by atoms with Gasteiger partial charge in [-0.05, 0) is 0 Å². The van der Waals surface area contributed by atoms with Gasteiger partial charge in [0.25, 0.3) is 0 Å². The van der Waals surface area contributed by atoms with Crippen molar-refractivity contribution in [1.29, 1.82) is 0 Å². The second-order valence-corrected chi connectivity index (χ2v) is 4.23. The highest BCUT2D eigenvalue weighted by molar-refractivity contribution is 7.52. The van der Waals surface area contributed by atoms with Gasteiger partial charge in [0.1, 0.15) is 12.7 Å². The molecule has 0 fully saturated rings. The summed E-state index contributed by atoms with van der Waals surface area (Å²) in [6.07, 6.45) is 2.03. The van der Waals surface area contributed by atoms with E-state index in [4.69, 9.17) is 15.0 Å². The number of oxime groups is 1. The molecule has 0 aromatic carbocycles. The van der Waals surface area contributed by atoms with E-state index in [0.29, 0.717) is 0 Å². The molecule has 0 atom stereocenters. The van der Waals surface area contributed by atoms with E-state index in [0.717, 1.165) is 0 Å². The van der Waals surface area contributed by atoms with Gasteiger partial charge in [-0.25, -0.2) is 9.67 Å². The Balaban J connectivity index is 2.62. The molecule has 14 heavy (non-hydrogen) atoms. The van der Waals surface area contributed by atoms with Crippen LogP contribution in [-0.2, 0) is 11.1 Å². The second kappa shape index (κ2) is 4.32. The molecular weight excluding hydrogens is 211 g/mol. The van der Waals surface area contributed by atoms with Gasteiger partial charge >= 0.3 is 7.60 Å². The lowest BCUT2D eigenvalue weighted by molar-refractivity contribution is 0.315. The Morgan fingerprint density at radius 3 is 2.71 bits per heavy atom. The third kappa shape index (κ3) is 3.65. The first-order valence-corrected chi connectivity index (χ1v) is 5.38. The predicted molar refractivity (Wildman–Crippen MR) is 46.2 cm³/mol. The van der Waals surface area contributed by atoms with E-state index >= 15 is 0 Å². The van der Waals surface area contributed by atoms with Crippen LogP contribution in [0, 0.1) is 0 Å². The fraction of sp³-hybridized carbons (Fsp3) is 0.400.